The highest BCUT2D eigenvalue weighted by Gasteiger charge is 2.25. The lowest BCUT2D eigenvalue weighted by molar-refractivity contribution is 0.315. The topological polar surface area (TPSA) is 31.4 Å². The number of hydrogen-bond acceptors (Lipinski definition) is 4. The second-order valence-electron chi connectivity index (χ2n) is 5.27. The van der Waals surface area contributed by atoms with Crippen molar-refractivity contribution < 1.29 is 0 Å². The van der Waals surface area contributed by atoms with Crippen LogP contribution in [0.5, 0.6) is 0 Å². The summed E-state index contributed by atoms with van der Waals surface area (Å²) in [6.45, 7) is 5.95. The molecule has 1 aliphatic rings. The first-order valence-corrected chi connectivity index (χ1v) is 7.26. The molecule has 1 atom stereocenters. The van der Waals surface area contributed by atoms with Gasteiger partial charge < -0.3 is 15.1 Å². The minimum atomic E-state index is 0.620. The van der Waals surface area contributed by atoms with Crippen molar-refractivity contribution in [2.24, 2.45) is 0 Å². The Bertz CT molecular complexity index is 422. The van der Waals surface area contributed by atoms with Gasteiger partial charge in [0, 0.05) is 31.9 Å². The molecule has 1 saturated heterocycles. The Morgan fingerprint density at radius 1 is 1.53 bits per heavy atom. The summed E-state index contributed by atoms with van der Waals surface area (Å²) in [6.07, 6.45) is 2.96. The molecule has 1 N–H and O–H groups in total. The van der Waals surface area contributed by atoms with Gasteiger partial charge in [0.2, 0.25) is 0 Å². The summed E-state index contributed by atoms with van der Waals surface area (Å²) in [5.74, 6) is 1.04. The molecule has 0 aliphatic carbocycles. The Kier molecular flexibility index (Phi) is 5.02. The number of anilines is 1. The zero-order valence-corrected chi connectivity index (χ0v) is 12.7. The maximum absolute atomic E-state index is 6.19. The lowest BCUT2D eigenvalue weighted by atomic mass is 10.2. The van der Waals surface area contributed by atoms with Gasteiger partial charge in [0.1, 0.15) is 5.82 Å². The van der Waals surface area contributed by atoms with Crippen molar-refractivity contribution in [3.05, 3.63) is 22.8 Å². The summed E-state index contributed by atoms with van der Waals surface area (Å²) >= 11 is 6.19. The van der Waals surface area contributed by atoms with Crippen molar-refractivity contribution in [2.45, 2.75) is 25.9 Å². The predicted octanol–water partition coefficient (Wildman–Crippen LogP) is 1.98. The minimum absolute atomic E-state index is 0.620. The van der Waals surface area contributed by atoms with Crippen LogP contribution in [0.4, 0.5) is 5.82 Å². The van der Waals surface area contributed by atoms with Gasteiger partial charge in [0.15, 0.2) is 0 Å². The molecule has 1 unspecified atom stereocenters. The highest BCUT2D eigenvalue weighted by molar-refractivity contribution is 6.31. The van der Waals surface area contributed by atoms with E-state index in [1.165, 1.54) is 6.42 Å². The van der Waals surface area contributed by atoms with Crippen LogP contribution in [0.3, 0.4) is 0 Å². The van der Waals surface area contributed by atoms with E-state index in [0.29, 0.717) is 6.04 Å². The Morgan fingerprint density at radius 2 is 2.32 bits per heavy atom. The highest BCUT2D eigenvalue weighted by Crippen LogP contribution is 2.24. The molecule has 1 aromatic heterocycles. The lowest BCUT2D eigenvalue weighted by Gasteiger charge is -2.21. The van der Waals surface area contributed by atoms with Gasteiger partial charge in [-0.1, -0.05) is 18.5 Å². The SMILES string of the molecule is CCNCc1cc(N2CCC(N(C)C)C2)ncc1Cl. The largest absolute Gasteiger partial charge is 0.355 e. The van der Waals surface area contributed by atoms with Crippen molar-refractivity contribution in [1.82, 2.24) is 15.2 Å². The quantitative estimate of drug-likeness (QED) is 0.895. The molecule has 0 spiro atoms. The fourth-order valence-electron chi connectivity index (χ4n) is 2.41. The standard InChI is InChI=1S/C14H23ClN4/c1-4-16-8-11-7-14(17-9-13(11)15)19-6-5-12(10-19)18(2)3/h7,9,12,16H,4-6,8,10H2,1-3H3. The molecule has 0 saturated carbocycles. The third kappa shape index (κ3) is 3.59. The van der Waals surface area contributed by atoms with Gasteiger partial charge in [-0.25, -0.2) is 4.98 Å². The van der Waals surface area contributed by atoms with Crippen LogP contribution in [0.1, 0.15) is 18.9 Å². The van der Waals surface area contributed by atoms with Gasteiger partial charge >= 0.3 is 0 Å². The van der Waals surface area contributed by atoms with Gasteiger partial charge in [0.05, 0.1) is 5.02 Å². The average Bonchev–Trinajstić information content (AvgIpc) is 2.87. The Morgan fingerprint density at radius 3 is 2.95 bits per heavy atom. The summed E-state index contributed by atoms with van der Waals surface area (Å²) in [5.41, 5.74) is 1.13. The molecule has 106 valence electrons. The molecule has 1 fully saturated rings. The van der Waals surface area contributed by atoms with Crippen LogP contribution in [-0.4, -0.2) is 49.7 Å². The van der Waals surface area contributed by atoms with Crippen LogP contribution in [0, 0.1) is 0 Å². The number of likely N-dealkylation sites (N-methyl/N-ethyl adjacent to an activating group) is 1. The van der Waals surface area contributed by atoms with Crippen LogP contribution in [0.25, 0.3) is 0 Å². The van der Waals surface area contributed by atoms with E-state index in [-0.39, 0.29) is 0 Å². The smallest absolute Gasteiger partial charge is 0.128 e. The maximum atomic E-state index is 6.19. The third-order valence-corrected chi connectivity index (χ3v) is 4.04. The average molecular weight is 283 g/mol. The van der Waals surface area contributed by atoms with Gasteiger partial charge in [-0.3, -0.25) is 0 Å². The zero-order valence-electron chi connectivity index (χ0n) is 12.0. The second kappa shape index (κ2) is 6.55. The van der Waals surface area contributed by atoms with Crippen molar-refractivity contribution >= 4 is 17.4 Å². The fraction of sp³-hybridized carbons (Fsp3) is 0.643. The number of hydrogen-bond donors (Lipinski definition) is 1. The molecule has 5 heteroatoms. The molecule has 2 rings (SSSR count). The predicted molar refractivity (Wildman–Crippen MR) is 80.9 cm³/mol. The molecule has 1 aliphatic heterocycles. The first-order valence-electron chi connectivity index (χ1n) is 6.88. The number of halogens is 1. The fourth-order valence-corrected chi connectivity index (χ4v) is 2.58. The molecule has 0 aromatic carbocycles. The summed E-state index contributed by atoms with van der Waals surface area (Å²) < 4.78 is 0. The number of nitrogens with zero attached hydrogens (tertiary/aromatic N) is 3. The van der Waals surface area contributed by atoms with E-state index in [1.54, 1.807) is 6.20 Å². The Balaban J connectivity index is 2.08. The van der Waals surface area contributed by atoms with Gasteiger partial charge in [0.25, 0.3) is 0 Å². The third-order valence-electron chi connectivity index (χ3n) is 3.70. The molecule has 0 bridgehead atoms. The summed E-state index contributed by atoms with van der Waals surface area (Å²) in [4.78, 5) is 9.10. The molecular formula is C14H23ClN4. The van der Waals surface area contributed by atoms with Gasteiger partial charge in [-0.05, 0) is 38.7 Å². The van der Waals surface area contributed by atoms with Gasteiger partial charge in [-0.15, -0.1) is 0 Å². The summed E-state index contributed by atoms with van der Waals surface area (Å²) in [5, 5.41) is 4.05. The van der Waals surface area contributed by atoms with Crippen LogP contribution in [-0.2, 0) is 6.54 Å². The molecule has 2 heterocycles. The minimum Gasteiger partial charge on any atom is -0.355 e. The van der Waals surface area contributed by atoms with Crippen molar-refractivity contribution in [3.8, 4) is 0 Å². The van der Waals surface area contributed by atoms with E-state index in [2.05, 4.69) is 47.2 Å². The highest BCUT2D eigenvalue weighted by atomic mass is 35.5. The Hall–Kier alpha value is -0.840. The molecule has 0 radical (unpaired) electrons. The number of pyridine rings is 1. The van der Waals surface area contributed by atoms with E-state index in [9.17, 15) is 0 Å². The lowest BCUT2D eigenvalue weighted by Crippen LogP contribution is -2.31. The normalized spacial score (nSPS) is 19.4. The Labute approximate surface area is 120 Å². The molecule has 1 aromatic rings. The molecular weight excluding hydrogens is 260 g/mol. The van der Waals surface area contributed by atoms with E-state index >= 15 is 0 Å². The summed E-state index contributed by atoms with van der Waals surface area (Å²) in [6, 6.07) is 2.73. The van der Waals surface area contributed by atoms with Crippen LogP contribution in [0.15, 0.2) is 12.3 Å². The molecule has 4 nitrogen and oxygen atoms in total. The van der Waals surface area contributed by atoms with E-state index < -0.39 is 0 Å². The first-order chi connectivity index (χ1) is 9.11. The number of rotatable bonds is 5. The van der Waals surface area contributed by atoms with Crippen LogP contribution >= 0.6 is 11.6 Å². The molecule has 19 heavy (non-hydrogen) atoms. The number of aromatic nitrogens is 1. The van der Waals surface area contributed by atoms with Crippen molar-refractivity contribution in [3.63, 3.8) is 0 Å². The van der Waals surface area contributed by atoms with Crippen molar-refractivity contribution in [2.75, 3.05) is 38.6 Å². The van der Waals surface area contributed by atoms with Crippen LogP contribution < -0.4 is 10.2 Å². The van der Waals surface area contributed by atoms with Crippen molar-refractivity contribution in [1.29, 1.82) is 0 Å². The monoisotopic (exact) mass is 282 g/mol. The van der Waals surface area contributed by atoms with E-state index in [1.807, 2.05) is 0 Å². The summed E-state index contributed by atoms with van der Waals surface area (Å²) in [7, 11) is 4.28. The number of nitrogens with one attached hydrogen (secondary N) is 1. The van der Waals surface area contributed by atoms with E-state index in [0.717, 1.165) is 42.6 Å². The van der Waals surface area contributed by atoms with Crippen LogP contribution in [0.2, 0.25) is 5.02 Å². The zero-order chi connectivity index (χ0) is 13.8. The molecule has 0 amide bonds. The van der Waals surface area contributed by atoms with Gasteiger partial charge in [-0.2, -0.15) is 0 Å². The second-order valence-corrected chi connectivity index (χ2v) is 5.67. The maximum Gasteiger partial charge on any atom is 0.128 e. The van der Waals surface area contributed by atoms with E-state index in [4.69, 9.17) is 11.6 Å². The first kappa shape index (κ1) is 14.6.